The molecule has 0 radical (unpaired) electrons. The monoisotopic (exact) mass is 502 g/mol. The summed E-state index contributed by atoms with van der Waals surface area (Å²) >= 11 is 0. The van der Waals surface area contributed by atoms with Crippen molar-refractivity contribution in [3.8, 4) is 11.4 Å². The number of benzene rings is 2. The molecule has 37 heavy (non-hydrogen) atoms. The quantitative estimate of drug-likeness (QED) is 0.290. The SMILES string of the molecule is COC(=O)c1cccc(-n2c(C)cc(/C=C3/NC(=O)N(CC(=O)Nc4ccccc4OC)C3=O)c2C)c1. The molecule has 0 saturated carbocycles. The highest BCUT2D eigenvalue weighted by atomic mass is 16.5. The first kappa shape index (κ1) is 25.2. The van der Waals surface area contributed by atoms with Crippen molar-refractivity contribution >= 4 is 35.6 Å². The maximum absolute atomic E-state index is 13.0. The maximum atomic E-state index is 13.0. The fourth-order valence-corrected chi connectivity index (χ4v) is 4.17. The summed E-state index contributed by atoms with van der Waals surface area (Å²) in [4.78, 5) is 50.8. The van der Waals surface area contributed by atoms with Crippen LogP contribution < -0.4 is 15.4 Å². The Balaban J connectivity index is 1.54. The van der Waals surface area contributed by atoms with Gasteiger partial charge >= 0.3 is 12.0 Å². The lowest BCUT2D eigenvalue weighted by molar-refractivity contribution is -0.127. The Labute approximate surface area is 213 Å². The number of amides is 4. The third-order valence-electron chi connectivity index (χ3n) is 5.94. The number of carbonyl (C=O) groups excluding carboxylic acids is 4. The van der Waals surface area contributed by atoms with Crippen LogP contribution in [0.3, 0.4) is 0 Å². The second-order valence-corrected chi connectivity index (χ2v) is 8.33. The number of methoxy groups -OCH3 is 2. The summed E-state index contributed by atoms with van der Waals surface area (Å²) < 4.78 is 12.0. The molecule has 2 heterocycles. The van der Waals surface area contributed by atoms with E-state index in [1.807, 2.05) is 30.5 Å². The summed E-state index contributed by atoms with van der Waals surface area (Å²) in [6, 6.07) is 15.0. The number of rotatable bonds is 7. The second kappa shape index (κ2) is 10.4. The van der Waals surface area contributed by atoms with Crippen LogP contribution in [0.5, 0.6) is 5.75 Å². The van der Waals surface area contributed by atoms with Gasteiger partial charge in [0.05, 0.1) is 25.5 Å². The Bertz CT molecular complexity index is 1440. The van der Waals surface area contributed by atoms with Crippen LogP contribution in [0.15, 0.2) is 60.3 Å². The number of aromatic nitrogens is 1. The minimum absolute atomic E-state index is 0.0543. The highest BCUT2D eigenvalue weighted by Gasteiger charge is 2.35. The van der Waals surface area contributed by atoms with Gasteiger partial charge in [-0.25, -0.2) is 14.5 Å². The summed E-state index contributed by atoms with van der Waals surface area (Å²) in [5.41, 5.74) is 3.99. The second-order valence-electron chi connectivity index (χ2n) is 8.33. The first-order valence-corrected chi connectivity index (χ1v) is 11.4. The van der Waals surface area contributed by atoms with E-state index >= 15 is 0 Å². The Morgan fingerprint density at radius 3 is 2.51 bits per heavy atom. The van der Waals surface area contributed by atoms with Gasteiger partial charge in [-0.3, -0.25) is 9.59 Å². The van der Waals surface area contributed by atoms with Crippen molar-refractivity contribution in [3.05, 3.63) is 82.8 Å². The molecule has 10 heteroatoms. The van der Waals surface area contributed by atoms with Crippen molar-refractivity contribution in [3.63, 3.8) is 0 Å². The summed E-state index contributed by atoms with van der Waals surface area (Å²) in [5, 5.41) is 5.20. The van der Waals surface area contributed by atoms with E-state index in [1.165, 1.54) is 14.2 Å². The minimum atomic E-state index is -0.689. The highest BCUT2D eigenvalue weighted by molar-refractivity contribution is 6.16. The van der Waals surface area contributed by atoms with Crippen LogP contribution in [-0.2, 0) is 14.3 Å². The van der Waals surface area contributed by atoms with Gasteiger partial charge in [-0.05, 0) is 61.9 Å². The van der Waals surface area contributed by atoms with Crippen LogP contribution in [0.1, 0.15) is 27.3 Å². The number of anilines is 1. The number of urea groups is 1. The van der Waals surface area contributed by atoms with Crippen molar-refractivity contribution in [1.29, 1.82) is 0 Å². The summed E-state index contributed by atoms with van der Waals surface area (Å²) in [5.74, 6) is -1.14. The van der Waals surface area contributed by atoms with Crippen LogP contribution in [-0.4, -0.2) is 54.0 Å². The number of nitrogens with zero attached hydrogens (tertiary/aromatic N) is 2. The summed E-state index contributed by atoms with van der Waals surface area (Å²) in [6.07, 6.45) is 1.57. The zero-order chi connectivity index (χ0) is 26.7. The van der Waals surface area contributed by atoms with Crippen molar-refractivity contribution in [2.75, 3.05) is 26.1 Å². The molecule has 4 rings (SSSR count). The minimum Gasteiger partial charge on any atom is -0.495 e. The van der Waals surface area contributed by atoms with Gasteiger partial charge in [-0.15, -0.1) is 0 Å². The number of carbonyl (C=O) groups is 4. The highest BCUT2D eigenvalue weighted by Crippen LogP contribution is 2.25. The molecule has 190 valence electrons. The van der Waals surface area contributed by atoms with Gasteiger partial charge in [-0.1, -0.05) is 18.2 Å². The average Bonchev–Trinajstić information content (AvgIpc) is 3.32. The molecule has 1 aliphatic heterocycles. The molecule has 2 N–H and O–H groups in total. The molecule has 1 saturated heterocycles. The van der Waals surface area contributed by atoms with Gasteiger partial charge in [0.15, 0.2) is 0 Å². The smallest absolute Gasteiger partial charge is 0.337 e. The van der Waals surface area contributed by atoms with Crippen LogP contribution in [0.25, 0.3) is 11.8 Å². The number of aryl methyl sites for hydroxylation is 1. The van der Waals surface area contributed by atoms with Gasteiger partial charge in [-0.2, -0.15) is 0 Å². The molecule has 0 atom stereocenters. The first-order valence-electron chi connectivity index (χ1n) is 11.4. The molecule has 1 aliphatic rings. The molecule has 1 aromatic heterocycles. The third-order valence-corrected chi connectivity index (χ3v) is 5.94. The normalized spacial score (nSPS) is 14.1. The molecule has 0 unspecified atom stereocenters. The number of esters is 1. The lowest BCUT2D eigenvalue weighted by atomic mass is 10.2. The van der Waals surface area contributed by atoms with Gasteiger partial charge in [0, 0.05) is 17.1 Å². The van der Waals surface area contributed by atoms with E-state index in [9.17, 15) is 19.2 Å². The predicted octanol–water partition coefficient (Wildman–Crippen LogP) is 3.42. The van der Waals surface area contributed by atoms with E-state index in [-0.39, 0.29) is 5.70 Å². The zero-order valence-corrected chi connectivity index (χ0v) is 20.8. The van der Waals surface area contributed by atoms with Crippen LogP contribution in [0, 0.1) is 13.8 Å². The van der Waals surface area contributed by atoms with Crippen molar-refractivity contribution in [1.82, 2.24) is 14.8 Å². The standard InChI is InChI=1S/C27H26N4O6/c1-16-12-19(17(2)31(16)20-9-7-8-18(13-20)26(34)37-4)14-22-25(33)30(27(35)29-22)15-24(32)28-21-10-5-6-11-23(21)36-3/h5-14H,15H2,1-4H3,(H,28,32)(H,29,35)/b22-14+. The zero-order valence-electron chi connectivity index (χ0n) is 20.8. The molecule has 1 fully saturated rings. The average molecular weight is 503 g/mol. The van der Waals surface area contributed by atoms with Crippen LogP contribution >= 0.6 is 0 Å². The van der Waals surface area contributed by atoms with E-state index in [4.69, 9.17) is 9.47 Å². The molecule has 0 spiro atoms. The van der Waals surface area contributed by atoms with Gasteiger partial charge in [0.2, 0.25) is 5.91 Å². The molecule has 0 aliphatic carbocycles. The Morgan fingerprint density at radius 2 is 1.78 bits per heavy atom. The van der Waals surface area contributed by atoms with Gasteiger partial charge < -0.3 is 24.7 Å². The van der Waals surface area contributed by atoms with E-state index in [0.29, 0.717) is 22.6 Å². The van der Waals surface area contributed by atoms with E-state index < -0.39 is 30.4 Å². The first-order chi connectivity index (χ1) is 17.7. The van der Waals surface area contributed by atoms with Crippen molar-refractivity contribution in [2.45, 2.75) is 13.8 Å². The lowest BCUT2D eigenvalue weighted by Crippen LogP contribution is -2.38. The summed E-state index contributed by atoms with van der Waals surface area (Å²) in [6.45, 7) is 3.30. The molecule has 2 aromatic carbocycles. The van der Waals surface area contributed by atoms with E-state index in [2.05, 4.69) is 10.6 Å². The third kappa shape index (κ3) is 5.08. The number of hydrogen-bond acceptors (Lipinski definition) is 6. The largest absolute Gasteiger partial charge is 0.495 e. The Morgan fingerprint density at radius 1 is 1.03 bits per heavy atom. The van der Waals surface area contributed by atoms with Gasteiger partial charge in [0.1, 0.15) is 18.0 Å². The van der Waals surface area contributed by atoms with Crippen LogP contribution in [0.4, 0.5) is 10.5 Å². The number of imide groups is 1. The predicted molar refractivity (Wildman–Crippen MR) is 136 cm³/mol. The number of nitrogens with one attached hydrogen (secondary N) is 2. The van der Waals surface area contributed by atoms with Crippen molar-refractivity contribution in [2.24, 2.45) is 0 Å². The van der Waals surface area contributed by atoms with Crippen LogP contribution in [0.2, 0.25) is 0 Å². The molecular weight excluding hydrogens is 476 g/mol. The Hall–Kier alpha value is -4.86. The molecule has 4 amide bonds. The number of hydrogen-bond donors (Lipinski definition) is 2. The van der Waals surface area contributed by atoms with E-state index in [1.54, 1.807) is 48.5 Å². The molecular formula is C27H26N4O6. The van der Waals surface area contributed by atoms with E-state index in [0.717, 1.165) is 22.0 Å². The number of ether oxygens (including phenoxy) is 2. The lowest BCUT2D eigenvalue weighted by Gasteiger charge is -2.13. The fraction of sp³-hybridized carbons (Fsp3) is 0.185. The molecule has 3 aromatic rings. The topological polar surface area (TPSA) is 119 Å². The number of para-hydroxylation sites is 2. The van der Waals surface area contributed by atoms with Gasteiger partial charge in [0.25, 0.3) is 5.91 Å². The fourth-order valence-electron chi connectivity index (χ4n) is 4.17. The molecule has 10 nitrogen and oxygen atoms in total. The Kier molecular flexibility index (Phi) is 7.10. The summed E-state index contributed by atoms with van der Waals surface area (Å²) in [7, 11) is 2.80. The molecule has 0 bridgehead atoms. The van der Waals surface area contributed by atoms with Crippen molar-refractivity contribution < 1.29 is 28.7 Å². The maximum Gasteiger partial charge on any atom is 0.337 e.